The highest BCUT2D eigenvalue weighted by Crippen LogP contribution is 2.17. The normalized spacial score (nSPS) is 13.0. The van der Waals surface area contributed by atoms with Gasteiger partial charge in [-0.2, -0.15) is 12.7 Å². The summed E-state index contributed by atoms with van der Waals surface area (Å²) in [7, 11) is -4.30. The fourth-order valence-electron chi connectivity index (χ4n) is 2.53. The smallest absolute Gasteiger partial charge is 0.437 e. The zero-order valence-electron chi connectivity index (χ0n) is 16.8. The van der Waals surface area contributed by atoms with Crippen LogP contribution in [0.5, 0.6) is 0 Å². The summed E-state index contributed by atoms with van der Waals surface area (Å²) in [6, 6.07) is 0. The molecular weight excluding hydrogens is 392 g/mol. The van der Waals surface area contributed by atoms with E-state index < -0.39 is 38.5 Å². The highest BCUT2D eigenvalue weighted by atomic mass is 32.2. The van der Waals surface area contributed by atoms with E-state index in [9.17, 15) is 18.0 Å². The van der Waals surface area contributed by atoms with Gasteiger partial charge in [0.2, 0.25) is 0 Å². The van der Waals surface area contributed by atoms with E-state index in [1.165, 1.54) is 20.3 Å². The maximum Gasteiger partial charge on any atom is 0.516 e. The van der Waals surface area contributed by atoms with Crippen molar-refractivity contribution in [3.05, 3.63) is 11.9 Å². The van der Waals surface area contributed by atoms with E-state index in [1.807, 2.05) is 19.6 Å². The Kier molecular flexibility index (Phi) is 6.34. The van der Waals surface area contributed by atoms with Crippen molar-refractivity contribution in [2.75, 3.05) is 21.2 Å². The van der Waals surface area contributed by atoms with Gasteiger partial charge in [0, 0.05) is 20.3 Å². The second-order valence-electron chi connectivity index (χ2n) is 8.20. The summed E-state index contributed by atoms with van der Waals surface area (Å²) in [5.41, 5.74) is -0.110. The topological polar surface area (TPSA) is 94.9 Å². The zero-order valence-corrected chi connectivity index (χ0v) is 19.6. The SMILES string of the molecule is COC(=O)OC(=O)c1c([Si](C)(C)C)c([Si](C)(C)C)cn1S(=O)(=O)N(C)C. The van der Waals surface area contributed by atoms with Crippen molar-refractivity contribution in [1.82, 2.24) is 8.28 Å². The Labute approximate surface area is 157 Å². The highest BCUT2D eigenvalue weighted by Gasteiger charge is 2.39. The van der Waals surface area contributed by atoms with Crippen LogP contribution >= 0.6 is 0 Å². The zero-order chi connectivity index (χ0) is 20.7. The van der Waals surface area contributed by atoms with Crippen LogP contribution in [0, 0.1) is 0 Å². The van der Waals surface area contributed by atoms with Crippen LogP contribution in [0.25, 0.3) is 0 Å². The molecule has 1 aromatic rings. The first-order chi connectivity index (χ1) is 11.5. The maximum absolute atomic E-state index is 12.8. The van der Waals surface area contributed by atoms with Crippen molar-refractivity contribution in [3.8, 4) is 0 Å². The lowest BCUT2D eigenvalue weighted by Gasteiger charge is -2.25. The lowest BCUT2D eigenvalue weighted by molar-refractivity contribution is 0.0446. The molecule has 0 unspecified atom stereocenters. The summed E-state index contributed by atoms with van der Waals surface area (Å²) in [4.78, 5) is 24.2. The average molecular weight is 421 g/mol. The van der Waals surface area contributed by atoms with Crippen LogP contribution in [0.1, 0.15) is 10.5 Å². The summed E-state index contributed by atoms with van der Waals surface area (Å²) >= 11 is 0. The summed E-state index contributed by atoms with van der Waals surface area (Å²) in [6.45, 7) is 12.3. The first-order valence-electron chi connectivity index (χ1n) is 8.04. The van der Waals surface area contributed by atoms with Gasteiger partial charge in [-0.3, -0.25) is 0 Å². The molecule has 11 heteroatoms. The standard InChI is InChI=1S/C15H28N2O6SSi2/c1-16(2)24(20,21)17-10-11(25(4,5)6)13(26(7,8)9)12(17)14(18)23-15(19)22-3/h10H,1-9H3. The van der Waals surface area contributed by atoms with Gasteiger partial charge in [0.15, 0.2) is 0 Å². The number of hydrogen-bond acceptors (Lipinski definition) is 6. The minimum absolute atomic E-state index is 0.110. The molecule has 0 atom stereocenters. The summed E-state index contributed by atoms with van der Waals surface area (Å²) < 4.78 is 36.7. The molecule has 1 aromatic heterocycles. The quantitative estimate of drug-likeness (QED) is 0.403. The molecule has 1 rings (SSSR count). The van der Waals surface area contributed by atoms with Gasteiger partial charge >= 0.3 is 22.3 Å². The van der Waals surface area contributed by atoms with Crippen molar-refractivity contribution in [2.45, 2.75) is 39.3 Å². The molecule has 0 spiro atoms. The van der Waals surface area contributed by atoms with Crippen LogP contribution in [0.4, 0.5) is 4.79 Å². The third-order valence-electron chi connectivity index (χ3n) is 3.78. The van der Waals surface area contributed by atoms with E-state index in [4.69, 9.17) is 4.74 Å². The van der Waals surface area contributed by atoms with Crippen LogP contribution in [0.15, 0.2) is 6.20 Å². The summed E-state index contributed by atoms with van der Waals surface area (Å²) in [5, 5.41) is 1.58. The highest BCUT2D eigenvalue weighted by molar-refractivity contribution is 7.87. The summed E-state index contributed by atoms with van der Waals surface area (Å²) in [6.07, 6.45) is 0.337. The van der Waals surface area contributed by atoms with E-state index in [0.29, 0.717) is 5.19 Å². The molecule has 148 valence electrons. The van der Waals surface area contributed by atoms with Crippen molar-refractivity contribution in [3.63, 3.8) is 0 Å². The largest absolute Gasteiger partial charge is 0.516 e. The van der Waals surface area contributed by atoms with E-state index >= 15 is 0 Å². The van der Waals surface area contributed by atoms with Gasteiger partial charge < -0.3 is 9.47 Å². The maximum atomic E-state index is 12.8. The second-order valence-corrected chi connectivity index (χ2v) is 20.3. The second kappa shape index (κ2) is 7.29. The van der Waals surface area contributed by atoms with Gasteiger partial charge in [0.1, 0.15) is 5.69 Å². The van der Waals surface area contributed by atoms with Crippen LogP contribution in [-0.2, 0) is 19.7 Å². The molecule has 0 aliphatic heterocycles. The number of methoxy groups -OCH3 is 1. The molecule has 0 aliphatic carbocycles. The molecule has 26 heavy (non-hydrogen) atoms. The Morgan fingerprint density at radius 1 is 1.04 bits per heavy atom. The molecule has 0 saturated heterocycles. The predicted molar refractivity (Wildman–Crippen MR) is 106 cm³/mol. The van der Waals surface area contributed by atoms with Gasteiger partial charge in [0.25, 0.3) is 0 Å². The molecule has 1 heterocycles. The van der Waals surface area contributed by atoms with Crippen LogP contribution in [-0.4, -0.2) is 66.2 Å². The van der Waals surface area contributed by atoms with Crippen molar-refractivity contribution in [2.24, 2.45) is 0 Å². The fraction of sp³-hybridized carbons (Fsp3) is 0.600. The molecular formula is C15H28N2O6SSi2. The van der Waals surface area contributed by atoms with E-state index in [2.05, 4.69) is 24.4 Å². The first kappa shape index (κ1) is 22.6. The predicted octanol–water partition coefficient (Wildman–Crippen LogP) is 1.16. The number of hydrogen-bond donors (Lipinski definition) is 0. The number of ether oxygens (including phenoxy) is 2. The molecule has 0 fully saturated rings. The Morgan fingerprint density at radius 2 is 1.54 bits per heavy atom. The molecule has 0 bridgehead atoms. The van der Waals surface area contributed by atoms with Crippen LogP contribution in [0.3, 0.4) is 0 Å². The lowest BCUT2D eigenvalue weighted by atomic mass is 10.4. The first-order valence-corrected chi connectivity index (χ1v) is 16.4. The molecule has 8 nitrogen and oxygen atoms in total. The Morgan fingerprint density at radius 3 is 1.88 bits per heavy atom. The third kappa shape index (κ3) is 4.45. The van der Waals surface area contributed by atoms with Gasteiger partial charge in [-0.1, -0.05) is 39.3 Å². The van der Waals surface area contributed by atoms with Crippen LogP contribution in [0.2, 0.25) is 39.3 Å². The van der Waals surface area contributed by atoms with Gasteiger partial charge in [-0.25, -0.2) is 13.6 Å². The number of nitrogens with zero attached hydrogens (tertiary/aromatic N) is 2. The molecule has 0 aromatic carbocycles. The molecule has 0 amide bonds. The molecule has 0 radical (unpaired) electrons. The van der Waals surface area contributed by atoms with E-state index in [1.54, 1.807) is 0 Å². The third-order valence-corrected chi connectivity index (χ3v) is 9.74. The number of aromatic nitrogens is 1. The Hall–Kier alpha value is -1.44. The van der Waals surface area contributed by atoms with E-state index in [0.717, 1.165) is 20.6 Å². The number of carbonyl (C=O) groups excluding carboxylic acids is 2. The monoisotopic (exact) mass is 420 g/mol. The van der Waals surface area contributed by atoms with Crippen LogP contribution < -0.4 is 10.4 Å². The Balaban J connectivity index is 3.95. The summed E-state index contributed by atoms with van der Waals surface area (Å²) in [5.74, 6) is -1.02. The molecule has 0 N–H and O–H groups in total. The average Bonchev–Trinajstić information content (AvgIpc) is 2.88. The minimum atomic E-state index is -3.98. The number of esters is 1. The van der Waals surface area contributed by atoms with Gasteiger partial charge in [-0.15, -0.1) is 0 Å². The number of rotatable bonds is 5. The van der Waals surface area contributed by atoms with E-state index in [-0.39, 0.29) is 5.69 Å². The van der Waals surface area contributed by atoms with Crippen molar-refractivity contribution in [1.29, 1.82) is 0 Å². The lowest BCUT2D eigenvalue weighted by Crippen LogP contribution is -2.56. The molecule has 0 saturated carbocycles. The van der Waals surface area contributed by atoms with Gasteiger partial charge in [0.05, 0.1) is 23.3 Å². The number of carbonyl (C=O) groups is 2. The van der Waals surface area contributed by atoms with Gasteiger partial charge in [-0.05, 0) is 10.4 Å². The minimum Gasteiger partial charge on any atom is -0.437 e. The van der Waals surface area contributed by atoms with Crippen molar-refractivity contribution < 1.29 is 27.5 Å². The fourth-order valence-corrected chi connectivity index (χ4v) is 9.13. The van der Waals surface area contributed by atoms with Crippen molar-refractivity contribution >= 4 is 48.9 Å². The molecule has 0 aliphatic rings. The Bertz CT molecular complexity index is 816.